The van der Waals surface area contributed by atoms with Crippen LogP contribution in [-0.4, -0.2) is 40.9 Å². The summed E-state index contributed by atoms with van der Waals surface area (Å²) >= 11 is 0. The maximum atomic E-state index is 4.45. The smallest absolute Gasteiger partial charge is 0.0641 e. The van der Waals surface area contributed by atoms with E-state index in [2.05, 4.69) is 35.4 Å². The lowest BCUT2D eigenvalue weighted by molar-refractivity contribution is 0.190. The first-order chi connectivity index (χ1) is 8.13. The molecule has 1 aliphatic rings. The molecule has 0 aliphatic carbocycles. The minimum absolute atomic E-state index is 0.476. The van der Waals surface area contributed by atoms with Crippen LogP contribution in [-0.2, 0) is 7.05 Å². The fraction of sp³-hybridized carbons (Fsp3) is 0.769. The minimum Gasteiger partial charge on any atom is -0.318 e. The summed E-state index contributed by atoms with van der Waals surface area (Å²) in [6, 6.07) is 1.15. The van der Waals surface area contributed by atoms with Crippen molar-refractivity contribution in [3.05, 3.63) is 17.5 Å². The van der Waals surface area contributed by atoms with Crippen LogP contribution in [0.15, 0.2) is 6.20 Å². The molecular weight excluding hydrogens is 212 g/mol. The lowest BCUT2D eigenvalue weighted by Gasteiger charge is -2.30. The molecule has 1 aromatic rings. The third kappa shape index (κ3) is 2.53. The molecule has 0 saturated carbocycles. The molecule has 0 bridgehead atoms. The van der Waals surface area contributed by atoms with Gasteiger partial charge in [0.15, 0.2) is 0 Å². The Morgan fingerprint density at radius 3 is 2.94 bits per heavy atom. The first kappa shape index (κ1) is 12.6. The summed E-state index contributed by atoms with van der Waals surface area (Å²) in [5, 5.41) is 7.75. The Kier molecular flexibility index (Phi) is 3.84. The van der Waals surface area contributed by atoms with Gasteiger partial charge in [0.05, 0.1) is 5.69 Å². The van der Waals surface area contributed by atoms with Gasteiger partial charge in [-0.05, 0) is 40.3 Å². The van der Waals surface area contributed by atoms with Gasteiger partial charge in [-0.1, -0.05) is 0 Å². The summed E-state index contributed by atoms with van der Waals surface area (Å²) in [6.45, 7) is 6.71. The van der Waals surface area contributed by atoms with Crippen LogP contribution < -0.4 is 5.32 Å². The largest absolute Gasteiger partial charge is 0.318 e. The lowest BCUT2D eigenvalue weighted by Crippen LogP contribution is -2.38. The molecule has 0 amide bonds. The molecule has 2 atom stereocenters. The van der Waals surface area contributed by atoms with Crippen LogP contribution in [0.1, 0.15) is 37.1 Å². The van der Waals surface area contributed by atoms with Gasteiger partial charge in [0.2, 0.25) is 0 Å². The Morgan fingerprint density at radius 1 is 1.59 bits per heavy atom. The average Bonchev–Trinajstić information content (AvgIpc) is 2.85. The molecule has 1 aromatic heterocycles. The summed E-state index contributed by atoms with van der Waals surface area (Å²) in [5.41, 5.74) is 2.53. The fourth-order valence-corrected chi connectivity index (χ4v) is 3.03. The van der Waals surface area contributed by atoms with Crippen molar-refractivity contribution in [2.45, 2.75) is 38.8 Å². The van der Waals surface area contributed by atoms with Crippen molar-refractivity contribution in [1.82, 2.24) is 20.0 Å². The zero-order chi connectivity index (χ0) is 12.4. The van der Waals surface area contributed by atoms with Gasteiger partial charge < -0.3 is 5.32 Å². The van der Waals surface area contributed by atoms with E-state index in [0.29, 0.717) is 12.1 Å². The summed E-state index contributed by atoms with van der Waals surface area (Å²) in [4.78, 5) is 2.61. The van der Waals surface area contributed by atoms with E-state index in [4.69, 9.17) is 0 Å². The van der Waals surface area contributed by atoms with E-state index in [1.54, 1.807) is 0 Å². The van der Waals surface area contributed by atoms with E-state index in [9.17, 15) is 0 Å². The highest BCUT2D eigenvalue weighted by Crippen LogP contribution is 2.29. The standard InChI is InChI=1S/C13H24N4/c1-10-13(9-16(4)15-10)11(2)17-7-5-6-12(17)8-14-3/h9,11-12,14H,5-8H2,1-4H3. The quantitative estimate of drug-likeness (QED) is 0.859. The zero-order valence-corrected chi connectivity index (χ0v) is 11.4. The molecule has 17 heavy (non-hydrogen) atoms. The molecule has 1 saturated heterocycles. The Labute approximate surface area is 104 Å². The predicted molar refractivity (Wildman–Crippen MR) is 70.0 cm³/mol. The second-order valence-electron chi connectivity index (χ2n) is 5.11. The van der Waals surface area contributed by atoms with Gasteiger partial charge in [0.25, 0.3) is 0 Å². The first-order valence-corrected chi connectivity index (χ1v) is 6.54. The van der Waals surface area contributed by atoms with Gasteiger partial charge in [0, 0.05) is 37.4 Å². The molecule has 4 heteroatoms. The van der Waals surface area contributed by atoms with Gasteiger partial charge in [-0.3, -0.25) is 9.58 Å². The van der Waals surface area contributed by atoms with Gasteiger partial charge in [-0.2, -0.15) is 5.10 Å². The summed E-state index contributed by atoms with van der Waals surface area (Å²) < 4.78 is 1.92. The van der Waals surface area contributed by atoms with Crippen molar-refractivity contribution < 1.29 is 0 Å². The minimum atomic E-state index is 0.476. The molecule has 0 spiro atoms. The number of rotatable bonds is 4. The SMILES string of the molecule is CNCC1CCCN1C(C)c1cn(C)nc1C. The van der Waals surface area contributed by atoms with Crippen molar-refractivity contribution in [3.63, 3.8) is 0 Å². The van der Waals surface area contributed by atoms with E-state index >= 15 is 0 Å². The molecular formula is C13H24N4. The van der Waals surface area contributed by atoms with Crippen molar-refractivity contribution in [2.24, 2.45) is 7.05 Å². The lowest BCUT2D eigenvalue weighted by atomic mass is 10.1. The van der Waals surface area contributed by atoms with Crippen LogP contribution in [0.3, 0.4) is 0 Å². The highest BCUT2D eigenvalue weighted by atomic mass is 15.3. The third-order valence-corrected chi connectivity index (χ3v) is 3.86. The molecule has 2 rings (SSSR count). The number of hydrogen-bond donors (Lipinski definition) is 1. The van der Waals surface area contributed by atoms with Gasteiger partial charge in [-0.15, -0.1) is 0 Å². The van der Waals surface area contributed by atoms with Crippen molar-refractivity contribution >= 4 is 0 Å². The number of nitrogens with zero attached hydrogens (tertiary/aromatic N) is 3. The Hall–Kier alpha value is -0.870. The molecule has 2 heterocycles. The number of hydrogen-bond acceptors (Lipinski definition) is 3. The second kappa shape index (κ2) is 5.19. The average molecular weight is 236 g/mol. The predicted octanol–water partition coefficient (Wildman–Crippen LogP) is 1.47. The van der Waals surface area contributed by atoms with Crippen LogP contribution >= 0.6 is 0 Å². The molecule has 2 unspecified atom stereocenters. The van der Waals surface area contributed by atoms with Crippen molar-refractivity contribution in [3.8, 4) is 0 Å². The van der Waals surface area contributed by atoms with E-state index < -0.39 is 0 Å². The topological polar surface area (TPSA) is 33.1 Å². The number of aromatic nitrogens is 2. The molecule has 0 radical (unpaired) electrons. The highest BCUT2D eigenvalue weighted by Gasteiger charge is 2.29. The molecule has 1 fully saturated rings. The van der Waals surface area contributed by atoms with Crippen LogP contribution in [0, 0.1) is 6.92 Å². The molecule has 0 aromatic carbocycles. The van der Waals surface area contributed by atoms with E-state index in [0.717, 1.165) is 12.2 Å². The third-order valence-electron chi connectivity index (χ3n) is 3.86. The van der Waals surface area contributed by atoms with Crippen LogP contribution in [0.5, 0.6) is 0 Å². The van der Waals surface area contributed by atoms with Crippen LogP contribution in [0.25, 0.3) is 0 Å². The van der Waals surface area contributed by atoms with Gasteiger partial charge in [0.1, 0.15) is 0 Å². The molecule has 96 valence electrons. The van der Waals surface area contributed by atoms with E-state index in [-0.39, 0.29) is 0 Å². The normalized spacial score (nSPS) is 23.2. The Morgan fingerprint density at radius 2 is 2.35 bits per heavy atom. The number of likely N-dealkylation sites (N-methyl/N-ethyl adjacent to an activating group) is 1. The highest BCUT2D eigenvalue weighted by molar-refractivity contribution is 5.20. The number of nitrogens with one attached hydrogen (secondary N) is 1. The molecule has 1 aliphatic heterocycles. The maximum Gasteiger partial charge on any atom is 0.0641 e. The first-order valence-electron chi connectivity index (χ1n) is 6.54. The monoisotopic (exact) mass is 236 g/mol. The second-order valence-corrected chi connectivity index (χ2v) is 5.11. The van der Waals surface area contributed by atoms with Gasteiger partial charge >= 0.3 is 0 Å². The zero-order valence-electron chi connectivity index (χ0n) is 11.4. The molecule has 1 N–H and O–H groups in total. The van der Waals surface area contributed by atoms with E-state index in [1.807, 2.05) is 18.8 Å². The van der Waals surface area contributed by atoms with E-state index in [1.165, 1.54) is 24.9 Å². The Balaban J connectivity index is 2.13. The summed E-state index contributed by atoms with van der Waals surface area (Å²) in [7, 11) is 4.04. The van der Waals surface area contributed by atoms with Crippen LogP contribution in [0.4, 0.5) is 0 Å². The molecule has 4 nitrogen and oxygen atoms in total. The van der Waals surface area contributed by atoms with Crippen molar-refractivity contribution in [2.75, 3.05) is 20.1 Å². The maximum absolute atomic E-state index is 4.45. The summed E-state index contributed by atoms with van der Waals surface area (Å²) in [6.07, 6.45) is 4.79. The summed E-state index contributed by atoms with van der Waals surface area (Å²) in [5.74, 6) is 0. The number of aryl methyl sites for hydroxylation is 2. The van der Waals surface area contributed by atoms with Gasteiger partial charge in [-0.25, -0.2) is 0 Å². The van der Waals surface area contributed by atoms with Crippen molar-refractivity contribution in [1.29, 1.82) is 0 Å². The Bertz CT molecular complexity index is 371. The fourth-order valence-electron chi connectivity index (χ4n) is 3.03. The number of likely N-dealkylation sites (tertiary alicyclic amines) is 1. The van der Waals surface area contributed by atoms with Crippen LogP contribution in [0.2, 0.25) is 0 Å².